The lowest BCUT2D eigenvalue weighted by molar-refractivity contribution is 0.199. The molecule has 0 amide bonds. The first kappa shape index (κ1) is 14.7. The molecule has 0 heterocycles. The second kappa shape index (κ2) is 10.2. The zero-order chi connectivity index (χ0) is 11.5. The minimum Gasteiger partial charge on any atom is -0.383 e. The molecule has 1 N–H and O–H groups in total. The van der Waals surface area contributed by atoms with Gasteiger partial charge >= 0.3 is 0 Å². The smallest absolute Gasteiger partial charge is 0.0587 e. The maximum Gasteiger partial charge on any atom is 0.0587 e. The van der Waals surface area contributed by atoms with Gasteiger partial charge in [0, 0.05) is 13.7 Å². The highest BCUT2D eigenvalue weighted by Crippen LogP contribution is 2.13. The molecule has 0 aromatic heterocycles. The Balaban J connectivity index is 3.41. The molecular formula is C13H27NO. The van der Waals surface area contributed by atoms with Gasteiger partial charge in [0.2, 0.25) is 0 Å². The summed E-state index contributed by atoms with van der Waals surface area (Å²) in [5.74, 6) is 0.822. The molecule has 0 aliphatic heterocycles. The molecule has 1 unspecified atom stereocenters. The maximum atomic E-state index is 4.96. The van der Waals surface area contributed by atoms with Crippen molar-refractivity contribution in [1.29, 1.82) is 0 Å². The second-order valence-electron chi connectivity index (χ2n) is 4.30. The van der Waals surface area contributed by atoms with E-state index in [1.807, 2.05) is 0 Å². The third-order valence-electron chi connectivity index (χ3n) is 2.66. The van der Waals surface area contributed by atoms with E-state index in [0.29, 0.717) is 0 Å². The van der Waals surface area contributed by atoms with Crippen LogP contribution in [0.25, 0.3) is 0 Å². The van der Waals surface area contributed by atoms with Crippen molar-refractivity contribution in [3.8, 4) is 0 Å². The highest BCUT2D eigenvalue weighted by atomic mass is 16.5. The molecule has 0 saturated heterocycles. The highest BCUT2D eigenvalue weighted by molar-refractivity contribution is 4.98. The molecule has 0 aromatic carbocycles. The zero-order valence-electron chi connectivity index (χ0n) is 10.8. The summed E-state index contributed by atoms with van der Waals surface area (Å²) in [6, 6.07) is 0. The zero-order valence-corrected chi connectivity index (χ0v) is 10.8. The van der Waals surface area contributed by atoms with Crippen LogP contribution in [0.15, 0.2) is 11.6 Å². The van der Waals surface area contributed by atoms with E-state index < -0.39 is 0 Å². The molecule has 0 fully saturated rings. The maximum absolute atomic E-state index is 4.96. The Hall–Kier alpha value is -0.340. The summed E-state index contributed by atoms with van der Waals surface area (Å²) in [4.78, 5) is 0. The first-order valence-electron chi connectivity index (χ1n) is 6.06. The summed E-state index contributed by atoms with van der Waals surface area (Å²) in [5, 5.41) is 3.34. The van der Waals surface area contributed by atoms with Gasteiger partial charge in [0.15, 0.2) is 0 Å². The van der Waals surface area contributed by atoms with Crippen molar-refractivity contribution >= 4 is 0 Å². The van der Waals surface area contributed by atoms with Crippen molar-refractivity contribution in [3.05, 3.63) is 11.6 Å². The average Bonchev–Trinajstić information content (AvgIpc) is 2.23. The molecule has 2 nitrogen and oxygen atoms in total. The first-order chi connectivity index (χ1) is 7.20. The number of allylic oxidation sites excluding steroid dienone is 1. The van der Waals surface area contributed by atoms with Gasteiger partial charge < -0.3 is 10.1 Å². The normalized spacial score (nSPS) is 14.3. The van der Waals surface area contributed by atoms with Crippen LogP contribution in [0.4, 0.5) is 0 Å². The molecular weight excluding hydrogens is 186 g/mol. The Bertz CT molecular complexity index is 166. The molecule has 0 aliphatic carbocycles. The van der Waals surface area contributed by atoms with Gasteiger partial charge in [-0.15, -0.1) is 0 Å². The fraction of sp³-hybridized carbons (Fsp3) is 0.846. The van der Waals surface area contributed by atoms with Gasteiger partial charge in [0.05, 0.1) is 6.61 Å². The molecule has 15 heavy (non-hydrogen) atoms. The standard InChI is InChI=1S/C13H27NO/c1-5-12(2)11-13(3)7-6-8-14-9-10-15-4/h7,12,14H,5-6,8-11H2,1-4H3. The summed E-state index contributed by atoms with van der Waals surface area (Å²) in [6.45, 7) is 9.62. The molecule has 0 rings (SSSR count). The SMILES string of the molecule is CCC(C)CC(C)=CCCNCCOC. The second-order valence-corrected chi connectivity index (χ2v) is 4.30. The van der Waals surface area contributed by atoms with Crippen LogP contribution in [0.2, 0.25) is 0 Å². The van der Waals surface area contributed by atoms with E-state index in [1.165, 1.54) is 18.4 Å². The minimum absolute atomic E-state index is 0.801. The van der Waals surface area contributed by atoms with Gasteiger partial charge in [-0.25, -0.2) is 0 Å². The van der Waals surface area contributed by atoms with E-state index >= 15 is 0 Å². The number of ether oxygens (including phenoxy) is 1. The van der Waals surface area contributed by atoms with Crippen molar-refractivity contribution in [3.63, 3.8) is 0 Å². The molecule has 0 bridgehead atoms. The molecule has 1 atom stereocenters. The summed E-state index contributed by atoms with van der Waals surface area (Å²) in [6.07, 6.45) is 6.00. The summed E-state index contributed by atoms with van der Waals surface area (Å²) in [5.41, 5.74) is 1.53. The van der Waals surface area contributed by atoms with Gasteiger partial charge in [-0.3, -0.25) is 0 Å². The van der Waals surface area contributed by atoms with E-state index in [4.69, 9.17) is 4.74 Å². The van der Waals surface area contributed by atoms with Gasteiger partial charge in [-0.05, 0) is 32.2 Å². The first-order valence-corrected chi connectivity index (χ1v) is 6.06. The summed E-state index contributed by atoms with van der Waals surface area (Å²) in [7, 11) is 1.73. The Morgan fingerprint density at radius 1 is 1.40 bits per heavy atom. The number of hydrogen-bond donors (Lipinski definition) is 1. The molecule has 0 spiro atoms. The molecule has 90 valence electrons. The van der Waals surface area contributed by atoms with Crippen LogP contribution in [0.1, 0.15) is 40.0 Å². The van der Waals surface area contributed by atoms with Gasteiger partial charge in [0.1, 0.15) is 0 Å². The Labute approximate surface area is 95.1 Å². The lowest BCUT2D eigenvalue weighted by Crippen LogP contribution is -2.19. The number of nitrogens with one attached hydrogen (secondary N) is 1. The Kier molecular flexibility index (Phi) is 9.96. The Morgan fingerprint density at radius 2 is 2.13 bits per heavy atom. The minimum atomic E-state index is 0.801. The summed E-state index contributed by atoms with van der Waals surface area (Å²) >= 11 is 0. The van der Waals surface area contributed by atoms with E-state index in [-0.39, 0.29) is 0 Å². The average molecular weight is 213 g/mol. The lowest BCUT2D eigenvalue weighted by atomic mass is 9.99. The molecule has 0 aromatic rings. The predicted molar refractivity (Wildman–Crippen MR) is 67.2 cm³/mol. The van der Waals surface area contributed by atoms with Crippen molar-refractivity contribution in [2.45, 2.75) is 40.0 Å². The third kappa shape index (κ3) is 9.95. The van der Waals surface area contributed by atoms with E-state index in [9.17, 15) is 0 Å². The van der Waals surface area contributed by atoms with Crippen molar-refractivity contribution in [1.82, 2.24) is 5.32 Å². The van der Waals surface area contributed by atoms with Crippen LogP contribution in [-0.4, -0.2) is 26.8 Å². The molecule has 2 heteroatoms. The highest BCUT2D eigenvalue weighted by Gasteiger charge is 1.98. The monoisotopic (exact) mass is 213 g/mol. The van der Waals surface area contributed by atoms with E-state index in [2.05, 4.69) is 32.2 Å². The fourth-order valence-corrected chi connectivity index (χ4v) is 1.50. The van der Waals surface area contributed by atoms with Crippen molar-refractivity contribution in [2.24, 2.45) is 5.92 Å². The predicted octanol–water partition coefficient (Wildman–Crippen LogP) is 3.00. The number of methoxy groups -OCH3 is 1. The third-order valence-corrected chi connectivity index (χ3v) is 2.66. The van der Waals surface area contributed by atoms with Crippen molar-refractivity contribution in [2.75, 3.05) is 26.8 Å². The van der Waals surface area contributed by atoms with Crippen LogP contribution < -0.4 is 5.32 Å². The van der Waals surface area contributed by atoms with Crippen LogP contribution in [0.5, 0.6) is 0 Å². The quantitative estimate of drug-likeness (QED) is 0.469. The topological polar surface area (TPSA) is 21.3 Å². The molecule has 0 radical (unpaired) electrons. The van der Waals surface area contributed by atoms with Crippen LogP contribution in [-0.2, 0) is 4.74 Å². The van der Waals surface area contributed by atoms with Crippen LogP contribution >= 0.6 is 0 Å². The summed E-state index contributed by atoms with van der Waals surface area (Å²) < 4.78 is 4.96. The Morgan fingerprint density at radius 3 is 2.73 bits per heavy atom. The van der Waals surface area contributed by atoms with Gasteiger partial charge in [-0.1, -0.05) is 31.9 Å². The number of rotatable bonds is 9. The van der Waals surface area contributed by atoms with Gasteiger partial charge in [-0.2, -0.15) is 0 Å². The fourth-order valence-electron chi connectivity index (χ4n) is 1.50. The number of hydrogen-bond acceptors (Lipinski definition) is 2. The molecule has 0 aliphatic rings. The lowest BCUT2D eigenvalue weighted by Gasteiger charge is -2.08. The van der Waals surface area contributed by atoms with Gasteiger partial charge in [0.25, 0.3) is 0 Å². The van der Waals surface area contributed by atoms with Crippen molar-refractivity contribution < 1.29 is 4.74 Å². The van der Waals surface area contributed by atoms with E-state index in [1.54, 1.807) is 7.11 Å². The van der Waals surface area contributed by atoms with E-state index in [0.717, 1.165) is 32.0 Å². The van der Waals surface area contributed by atoms with Crippen LogP contribution in [0, 0.1) is 5.92 Å². The largest absolute Gasteiger partial charge is 0.383 e. The molecule has 0 saturated carbocycles. The van der Waals surface area contributed by atoms with Crippen LogP contribution in [0.3, 0.4) is 0 Å².